The Bertz CT molecular complexity index is 541. The second kappa shape index (κ2) is 7.16. The van der Waals surface area contributed by atoms with Crippen molar-refractivity contribution < 1.29 is 14.3 Å². The standard InChI is InChI=1S/C19H31NO3/c1-12-6-9-16(11-15(10-12)8-7-13(2)21)18-20-17(14(3)23-18)19(4,5)22/h12,15-16,22H,6-11H2,1-5H3. The number of carbonyl (C=O) groups is 1. The van der Waals surface area contributed by atoms with Crippen LogP contribution >= 0.6 is 0 Å². The van der Waals surface area contributed by atoms with Crippen LogP contribution in [0.4, 0.5) is 0 Å². The van der Waals surface area contributed by atoms with Gasteiger partial charge in [-0.25, -0.2) is 4.98 Å². The highest BCUT2D eigenvalue weighted by Gasteiger charge is 2.31. The number of carbonyl (C=O) groups excluding carboxylic acids is 1. The fraction of sp³-hybridized carbons (Fsp3) is 0.789. The summed E-state index contributed by atoms with van der Waals surface area (Å²) in [5, 5.41) is 10.2. The van der Waals surface area contributed by atoms with Gasteiger partial charge in [-0.1, -0.05) is 6.92 Å². The predicted molar refractivity (Wildman–Crippen MR) is 90.3 cm³/mol. The molecule has 0 amide bonds. The smallest absolute Gasteiger partial charge is 0.197 e. The van der Waals surface area contributed by atoms with E-state index < -0.39 is 5.60 Å². The van der Waals surface area contributed by atoms with E-state index in [9.17, 15) is 9.90 Å². The number of aryl methyl sites for hydroxylation is 1. The van der Waals surface area contributed by atoms with Crippen molar-refractivity contribution in [1.82, 2.24) is 4.98 Å². The SMILES string of the molecule is CC(=O)CCC1CC(C)CCC(c2nc(C(C)(C)O)c(C)o2)C1. The van der Waals surface area contributed by atoms with Crippen LogP contribution in [0.5, 0.6) is 0 Å². The summed E-state index contributed by atoms with van der Waals surface area (Å²) in [6.45, 7) is 9.33. The number of hydrogen-bond donors (Lipinski definition) is 1. The molecule has 0 aromatic carbocycles. The Morgan fingerprint density at radius 3 is 2.61 bits per heavy atom. The van der Waals surface area contributed by atoms with Gasteiger partial charge in [0.1, 0.15) is 22.8 Å². The van der Waals surface area contributed by atoms with E-state index in [0.29, 0.717) is 35.6 Å². The maximum absolute atomic E-state index is 11.3. The van der Waals surface area contributed by atoms with Crippen LogP contribution in [-0.2, 0) is 10.4 Å². The molecule has 0 aliphatic heterocycles. The third-order valence-electron chi connectivity index (χ3n) is 5.01. The molecular formula is C19H31NO3. The zero-order chi connectivity index (χ0) is 17.2. The summed E-state index contributed by atoms with van der Waals surface area (Å²) in [5.74, 6) is 3.29. The Hall–Kier alpha value is -1.16. The molecule has 1 saturated carbocycles. The van der Waals surface area contributed by atoms with Gasteiger partial charge in [-0.2, -0.15) is 0 Å². The molecule has 1 aliphatic rings. The third kappa shape index (κ3) is 4.90. The molecule has 1 aromatic rings. The van der Waals surface area contributed by atoms with Crippen molar-refractivity contribution in [3.05, 3.63) is 17.3 Å². The van der Waals surface area contributed by atoms with Crippen molar-refractivity contribution in [3.8, 4) is 0 Å². The van der Waals surface area contributed by atoms with E-state index in [4.69, 9.17) is 4.42 Å². The normalized spacial score (nSPS) is 26.1. The summed E-state index contributed by atoms with van der Waals surface area (Å²) in [5.41, 5.74) is -0.331. The van der Waals surface area contributed by atoms with E-state index >= 15 is 0 Å². The molecule has 23 heavy (non-hydrogen) atoms. The molecule has 0 spiro atoms. The summed E-state index contributed by atoms with van der Waals surface area (Å²) >= 11 is 0. The maximum Gasteiger partial charge on any atom is 0.197 e. The van der Waals surface area contributed by atoms with Gasteiger partial charge in [0, 0.05) is 12.3 Å². The van der Waals surface area contributed by atoms with Crippen LogP contribution < -0.4 is 0 Å². The molecule has 0 saturated heterocycles. The second-order valence-corrected chi connectivity index (χ2v) is 7.97. The summed E-state index contributed by atoms with van der Waals surface area (Å²) in [7, 11) is 0. The lowest BCUT2D eigenvalue weighted by Crippen LogP contribution is -2.17. The van der Waals surface area contributed by atoms with E-state index in [2.05, 4.69) is 11.9 Å². The fourth-order valence-corrected chi connectivity index (χ4v) is 3.82. The molecule has 4 nitrogen and oxygen atoms in total. The van der Waals surface area contributed by atoms with E-state index in [1.165, 1.54) is 12.8 Å². The minimum Gasteiger partial charge on any atom is -0.445 e. The van der Waals surface area contributed by atoms with Gasteiger partial charge in [0.05, 0.1) is 0 Å². The van der Waals surface area contributed by atoms with Gasteiger partial charge in [0.15, 0.2) is 5.89 Å². The van der Waals surface area contributed by atoms with Crippen molar-refractivity contribution in [3.63, 3.8) is 0 Å². The van der Waals surface area contributed by atoms with Crippen molar-refractivity contribution in [2.24, 2.45) is 11.8 Å². The van der Waals surface area contributed by atoms with E-state index in [1.54, 1.807) is 20.8 Å². The predicted octanol–water partition coefficient (Wildman–Crippen LogP) is 4.49. The quantitative estimate of drug-likeness (QED) is 0.812. The lowest BCUT2D eigenvalue weighted by atomic mass is 9.88. The Morgan fingerprint density at radius 2 is 2.04 bits per heavy atom. The third-order valence-corrected chi connectivity index (χ3v) is 5.01. The fourth-order valence-electron chi connectivity index (χ4n) is 3.82. The highest BCUT2D eigenvalue weighted by atomic mass is 16.4. The Morgan fingerprint density at radius 1 is 1.35 bits per heavy atom. The second-order valence-electron chi connectivity index (χ2n) is 7.97. The molecule has 2 rings (SSSR count). The van der Waals surface area contributed by atoms with Crippen LogP contribution in [0.3, 0.4) is 0 Å². The molecule has 3 unspecified atom stereocenters. The van der Waals surface area contributed by atoms with Crippen LogP contribution in [0, 0.1) is 18.8 Å². The first kappa shape index (κ1) is 18.2. The minimum atomic E-state index is -0.974. The topological polar surface area (TPSA) is 63.3 Å². The Labute approximate surface area is 139 Å². The van der Waals surface area contributed by atoms with Crippen molar-refractivity contribution in [1.29, 1.82) is 0 Å². The number of aromatic nitrogens is 1. The molecule has 1 N–H and O–H groups in total. The molecule has 4 heteroatoms. The first-order valence-electron chi connectivity index (χ1n) is 8.86. The Balaban J connectivity index is 2.15. The average molecular weight is 321 g/mol. The molecule has 1 aromatic heterocycles. The van der Waals surface area contributed by atoms with Gasteiger partial charge in [-0.05, 0) is 71.6 Å². The lowest BCUT2D eigenvalue weighted by Gasteiger charge is -2.18. The zero-order valence-corrected chi connectivity index (χ0v) is 15.2. The molecule has 0 bridgehead atoms. The molecule has 1 heterocycles. The zero-order valence-electron chi connectivity index (χ0n) is 15.2. The number of aliphatic hydroxyl groups is 1. The number of ketones is 1. The summed E-state index contributed by atoms with van der Waals surface area (Å²) in [4.78, 5) is 15.9. The van der Waals surface area contributed by atoms with E-state index in [1.807, 2.05) is 6.92 Å². The van der Waals surface area contributed by atoms with Crippen LogP contribution in [0.25, 0.3) is 0 Å². The molecule has 1 aliphatic carbocycles. The molecule has 1 fully saturated rings. The molecular weight excluding hydrogens is 290 g/mol. The van der Waals surface area contributed by atoms with Gasteiger partial charge in [-0.3, -0.25) is 0 Å². The molecule has 130 valence electrons. The van der Waals surface area contributed by atoms with Crippen LogP contribution in [0.15, 0.2) is 4.42 Å². The van der Waals surface area contributed by atoms with Crippen LogP contribution in [-0.4, -0.2) is 15.9 Å². The highest BCUT2D eigenvalue weighted by Crippen LogP contribution is 2.39. The van der Waals surface area contributed by atoms with Crippen LogP contribution in [0.2, 0.25) is 0 Å². The summed E-state index contributed by atoms with van der Waals surface area (Å²) < 4.78 is 5.91. The lowest BCUT2D eigenvalue weighted by molar-refractivity contribution is -0.117. The monoisotopic (exact) mass is 321 g/mol. The number of Topliss-reactive ketones (excluding diaryl/α,β-unsaturated/α-hetero) is 1. The largest absolute Gasteiger partial charge is 0.445 e. The summed E-state index contributed by atoms with van der Waals surface area (Å²) in [6, 6.07) is 0. The maximum atomic E-state index is 11.3. The number of hydrogen-bond acceptors (Lipinski definition) is 4. The summed E-state index contributed by atoms with van der Waals surface area (Å²) in [6.07, 6.45) is 6.09. The molecule has 0 radical (unpaired) electrons. The van der Waals surface area contributed by atoms with Gasteiger partial charge >= 0.3 is 0 Å². The van der Waals surface area contributed by atoms with Crippen molar-refractivity contribution in [2.75, 3.05) is 0 Å². The first-order chi connectivity index (χ1) is 10.7. The Kier molecular flexibility index (Phi) is 5.66. The average Bonchev–Trinajstić information content (AvgIpc) is 2.72. The van der Waals surface area contributed by atoms with Gasteiger partial charge in [0.2, 0.25) is 0 Å². The van der Waals surface area contributed by atoms with Gasteiger partial charge in [-0.15, -0.1) is 0 Å². The minimum absolute atomic E-state index is 0.273. The van der Waals surface area contributed by atoms with Crippen LogP contribution in [0.1, 0.15) is 89.5 Å². The highest BCUT2D eigenvalue weighted by molar-refractivity contribution is 5.75. The van der Waals surface area contributed by atoms with E-state index in [-0.39, 0.29) is 5.78 Å². The number of rotatable bonds is 5. The number of oxazole rings is 1. The van der Waals surface area contributed by atoms with Crippen molar-refractivity contribution in [2.45, 2.75) is 84.7 Å². The number of nitrogens with zero attached hydrogens (tertiary/aromatic N) is 1. The van der Waals surface area contributed by atoms with Crippen molar-refractivity contribution >= 4 is 5.78 Å². The molecule has 3 atom stereocenters. The van der Waals surface area contributed by atoms with Gasteiger partial charge < -0.3 is 14.3 Å². The van der Waals surface area contributed by atoms with E-state index in [0.717, 1.165) is 25.2 Å². The first-order valence-corrected chi connectivity index (χ1v) is 8.86. The van der Waals surface area contributed by atoms with Gasteiger partial charge in [0.25, 0.3) is 0 Å².